The number of nitrogens with one attached hydrogen (secondary N) is 1. The highest BCUT2D eigenvalue weighted by Crippen LogP contribution is 2.25. The second kappa shape index (κ2) is 17.5. The average molecular weight is 494 g/mol. The molecule has 3 rings (SSSR count). The van der Waals surface area contributed by atoms with Gasteiger partial charge in [0.05, 0.1) is 12.7 Å². The van der Waals surface area contributed by atoms with Crippen molar-refractivity contribution in [3.05, 3.63) is 108 Å². The predicted molar refractivity (Wildman–Crippen MR) is 144 cm³/mol. The quantitative estimate of drug-likeness (QED) is 0.412. The van der Waals surface area contributed by atoms with Crippen molar-refractivity contribution in [1.29, 1.82) is 0 Å². The molecule has 182 valence electrons. The Morgan fingerprint density at radius 3 is 1.52 bits per heavy atom. The van der Waals surface area contributed by atoms with Crippen molar-refractivity contribution in [2.75, 3.05) is 34.3 Å². The fraction of sp³-hybridized carbons (Fsp3) is 0.333. The number of rotatable bonds is 9. The van der Waals surface area contributed by atoms with Gasteiger partial charge in [-0.3, -0.25) is 0 Å². The van der Waals surface area contributed by atoms with E-state index in [-0.39, 0.29) is 37.0 Å². The molecule has 2 atom stereocenters. The molecule has 0 aliphatic carbocycles. The molecule has 0 fully saturated rings. The van der Waals surface area contributed by atoms with Crippen LogP contribution in [0.15, 0.2) is 91.0 Å². The van der Waals surface area contributed by atoms with Crippen LogP contribution >= 0.6 is 24.8 Å². The molecule has 6 heteroatoms. The SMILES string of the molecule is CN(C)CCOC(c1ccccc1)c1ccccc1.CN[C@@H](C)[C@@H](O)c1ccccc1.Cl.Cl. The summed E-state index contributed by atoms with van der Waals surface area (Å²) in [4.78, 5) is 2.13. The Morgan fingerprint density at radius 2 is 1.15 bits per heavy atom. The summed E-state index contributed by atoms with van der Waals surface area (Å²) in [6.45, 7) is 3.61. The van der Waals surface area contributed by atoms with E-state index in [9.17, 15) is 5.11 Å². The van der Waals surface area contributed by atoms with E-state index in [2.05, 4.69) is 72.8 Å². The van der Waals surface area contributed by atoms with Crippen LogP contribution in [-0.2, 0) is 4.74 Å². The van der Waals surface area contributed by atoms with Crippen LogP contribution in [0.2, 0.25) is 0 Å². The summed E-state index contributed by atoms with van der Waals surface area (Å²) >= 11 is 0. The minimum absolute atomic E-state index is 0. The van der Waals surface area contributed by atoms with Gasteiger partial charge in [0.1, 0.15) is 6.10 Å². The van der Waals surface area contributed by atoms with Crippen molar-refractivity contribution in [3.8, 4) is 0 Å². The Kier molecular flexibility index (Phi) is 16.5. The van der Waals surface area contributed by atoms with Crippen LogP contribution in [-0.4, -0.2) is 50.3 Å². The van der Waals surface area contributed by atoms with Gasteiger partial charge in [0.2, 0.25) is 0 Å². The molecular weight excluding hydrogens is 455 g/mol. The van der Waals surface area contributed by atoms with E-state index in [1.54, 1.807) is 0 Å². The number of nitrogens with zero attached hydrogens (tertiary/aromatic N) is 1. The largest absolute Gasteiger partial charge is 0.387 e. The number of ether oxygens (including phenoxy) is 1. The lowest BCUT2D eigenvalue weighted by Gasteiger charge is -2.20. The zero-order chi connectivity index (χ0) is 22.5. The Labute approximate surface area is 211 Å². The molecule has 4 nitrogen and oxygen atoms in total. The van der Waals surface area contributed by atoms with E-state index >= 15 is 0 Å². The Balaban J connectivity index is 0.000000640. The molecule has 3 aromatic carbocycles. The van der Waals surface area contributed by atoms with Crippen LogP contribution in [0.1, 0.15) is 35.8 Å². The molecule has 3 aromatic rings. The fourth-order valence-electron chi connectivity index (χ4n) is 3.09. The van der Waals surface area contributed by atoms with E-state index in [4.69, 9.17) is 4.74 Å². The van der Waals surface area contributed by atoms with Gasteiger partial charge in [-0.05, 0) is 44.8 Å². The second-order valence-electron chi connectivity index (χ2n) is 7.81. The molecule has 0 aliphatic rings. The number of halogens is 2. The van der Waals surface area contributed by atoms with E-state index < -0.39 is 6.10 Å². The summed E-state index contributed by atoms with van der Waals surface area (Å²) < 4.78 is 6.08. The van der Waals surface area contributed by atoms with Crippen LogP contribution in [0.5, 0.6) is 0 Å². The van der Waals surface area contributed by atoms with Crippen molar-refractivity contribution in [2.24, 2.45) is 0 Å². The number of aliphatic hydroxyl groups excluding tert-OH is 1. The average Bonchev–Trinajstić information content (AvgIpc) is 2.83. The maximum atomic E-state index is 9.73. The molecule has 0 saturated heterocycles. The van der Waals surface area contributed by atoms with E-state index in [0.29, 0.717) is 0 Å². The molecule has 0 saturated carbocycles. The number of hydrogen-bond donors (Lipinski definition) is 2. The van der Waals surface area contributed by atoms with Crippen LogP contribution in [0.3, 0.4) is 0 Å². The number of likely N-dealkylation sites (N-methyl/N-ethyl adjacent to an activating group) is 2. The Morgan fingerprint density at radius 1 is 0.758 bits per heavy atom. The van der Waals surface area contributed by atoms with E-state index in [1.165, 1.54) is 11.1 Å². The third kappa shape index (κ3) is 11.2. The fourth-order valence-corrected chi connectivity index (χ4v) is 3.09. The molecule has 0 spiro atoms. The van der Waals surface area contributed by atoms with Gasteiger partial charge in [-0.15, -0.1) is 24.8 Å². The summed E-state index contributed by atoms with van der Waals surface area (Å²) in [5.74, 6) is 0. The van der Waals surface area contributed by atoms with Gasteiger partial charge in [0.25, 0.3) is 0 Å². The third-order valence-electron chi connectivity index (χ3n) is 5.10. The lowest BCUT2D eigenvalue weighted by Crippen LogP contribution is -2.28. The lowest BCUT2D eigenvalue weighted by atomic mass is 10.0. The maximum absolute atomic E-state index is 9.73. The first kappa shape index (κ1) is 31.1. The van der Waals surface area contributed by atoms with Crippen molar-refractivity contribution in [1.82, 2.24) is 10.2 Å². The number of hydrogen-bond acceptors (Lipinski definition) is 4. The van der Waals surface area contributed by atoms with Gasteiger partial charge < -0.3 is 20.1 Å². The highest BCUT2D eigenvalue weighted by molar-refractivity contribution is 5.85. The molecule has 0 amide bonds. The first-order valence-corrected chi connectivity index (χ1v) is 10.8. The second-order valence-corrected chi connectivity index (χ2v) is 7.81. The molecule has 33 heavy (non-hydrogen) atoms. The first-order chi connectivity index (χ1) is 15.0. The Bertz CT molecular complexity index is 797. The van der Waals surface area contributed by atoms with Crippen LogP contribution in [0.4, 0.5) is 0 Å². The monoisotopic (exact) mass is 492 g/mol. The highest BCUT2D eigenvalue weighted by atomic mass is 35.5. The van der Waals surface area contributed by atoms with Crippen LogP contribution < -0.4 is 5.32 Å². The molecule has 0 bridgehead atoms. The molecule has 2 N–H and O–H groups in total. The molecule has 0 unspecified atom stereocenters. The predicted octanol–water partition coefficient (Wildman–Crippen LogP) is 5.53. The van der Waals surface area contributed by atoms with Crippen molar-refractivity contribution < 1.29 is 9.84 Å². The zero-order valence-corrected chi connectivity index (χ0v) is 21.6. The van der Waals surface area contributed by atoms with Crippen molar-refractivity contribution >= 4 is 24.8 Å². The van der Waals surface area contributed by atoms with Crippen molar-refractivity contribution in [2.45, 2.75) is 25.2 Å². The minimum atomic E-state index is -0.420. The topological polar surface area (TPSA) is 44.7 Å². The van der Waals surface area contributed by atoms with Crippen LogP contribution in [0.25, 0.3) is 0 Å². The smallest absolute Gasteiger partial charge is 0.108 e. The molecule has 0 radical (unpaired) electrons. The van der Waals surface area contributed by atoms with Gasteiger partial charge in [-0.25, -0.2) is 0 Å². The zero-order valence-electron chi connectivity index (χ0n) is 19.9. The maximum Gasteiger partial charge on any atom is 0.108 e. The number of benzene rings is 3. The standard InChI is InChI=1S/C17H21NO.C10H15NO.2ClH/c1-18(2)13-14-19-17(15-9-5-3-6-10-15)16-11-7-4-8-12-16;1-8(11-2)10(12)9-6-4-3-5-7-9;;/h3-12,17H,13-14H2,1-2H3;3-8,10-12H,1-2H3;2*1H/t;8-,10+;;/m.0../s1. The summed E-state index contributed by atoms with van der Waals surface area (Å²) in [6, 6.07) is 30.5. The molecule has 0 heterocycles. The van der Waals surface area contributed by atoms with E-state index in [1.807, 2.05) is 56.4 Å². The summed E-state index contributed by atoms with van der Waals surface area (Å²) in [6.07, 6.45) is -0.404. The van der Waals surface area contributed by atoms with Gasteiger partial charge in [-0.2, -0.15) is 0 Å². The molecular formula is C27H38Cl2N2O2. The highest BCUT2D eigenvalue weighted by Gasteiger charge is 2.14. The van der Waals surface area contributed by atoms with Crippen LogP contribution in [0, 0.1) is 0 Å². The molecule has 0 aliphatic heterocycles. The van der Waals surface area contributed by atoms with Gasteiger partial charge in [0.15, 0.2) is 0 Å². The number of aliphatic hydroxyl groups is 1. The Hall–Kier alpha value is -1.92. The normalized spacial score (nSPS) is 12.1. The van der Waals surface area contributed by atoms with Gasteiger partial charge >= 0.3 is 0 Å². The van der Waals surface area contributed by atoms with Crippen molar-refractivity contribution in [3.63, 3.8) is 0 Å². The lowest BCUT2D eigenvalue weighted by molar-refractivity contribution is 0.0687. The third-order valence-corrected chi connectivity index (χ3v) is 5.10. The summed E-state index contributed by atoms with van der Waals surface area (Å²) in [5, 5.41) is 12.7. The summed E-state index contributed by atoms with van der Waals surface area (Å²) in [7, 11) is 5.96. The summed E-state index contributed by atoms with van der Waals surface area (Å²) in [5.41, 5.74) is 3.36. The van der Waals surface area contributed by atoms with Gasteiger partial charge in [-0.1, -0.05) is 91.0 Å². The van der Waals surface area contributed by atoms with Gasteiger partial charge in [0, 0.05) is 12.6 Å². The molecule has 0 aromatic heterocycles. The van der Waals surface area contributed by atoms with E-state index in [0.717, 1.165) is 18.7 Å². The first-order valence-electron chi connectivity index (χ1n) is 10.8. The minimum Gasteiger partial charge on any atom is -0.387 e.